The lowest BCUT2D eigenvalue weighted by atomic mass is 10.1. The number of nitrogens with two attached hydrogens (primary N) is 1. The molecule has 0 aliphatic carbocycles. The molecule has 2 N–H and O–H groups in total. The van der Waals surface area contributed by atoms with Crippen LogP contribution in [0.3, 0.4) is 0 Å². The smallest absolute Gasteiger partial charge is 0.258 e. The maximum Gasteiger partial charge on any atom is 0.258 e. The Morgan fingerprint density at radius 1 is 1.25 bits per heavy atom. The molecule has 0 heterocycles. The van der Waals surface area contributed by atoms with E-state index in [1.165, 1.54) is 4.90 Å². The molecule has 0 spiro atoms. The second kappa shape index (κ2) is 5.85. The number of carbonyl (C=O) groups is 1. The van der Waals surface area contributed by atoms with Gasteiger partial charge in [0.1, 0.15) is 0 Å². The van der Waals surface area contributed by atoms with Crippen LogP contribution in [0.2, 0.25) is 5.02 Å². The zero-order valence-electron chi connectivity index (χ0n) is 11.2. The fourth-order valence-electron chi connectivity index (χ4n) is 1.99. The van der Waals surface area contributed by atoms with E-state index in [2.05, 4.69) is 15.9 Å². The number of hydrogen-bond donors (Lipinski definition) is 1. The van der Waals surface area contributed by atoms with E-state index >= 15 is 0 Å². The van der Waals surface area contributed by atoms with Gasteiger partial charge in [0.15, 0.2) is 0 Å². The third-order valence-electron chi connectivity index (χ3n) is 3.07. The topological polar surface area (TPSA) is 46.3 Å². The van der Waals surface area contributed by atoms with Gasteiger partial charge in [-0.25, -0.2) is 0 Å². The molecule has 2 rings (SSSR count). The number of amides is 1. The maximum atomic E-state index is 12.5. The normalized spacial score (nSPS) is 10.4. The van der Waals surface area contributed by atoms with Crippen LogP contribution in [-0.2, 0) is 0 Å². The van der Waals surface area contributed by atoms with Crippen molar-refractivity contribution in [2.45, 2.75) is 6.92 Å². The summed E-state index contributed by atoms with van der Waals surface area (Å²) in [4.78, 5) is 14.1. The lowest BCUT2D eigenvalue weighted by Crippen LogP contribution is -2.27. The molecule has 0 aliphatic heterocycles. The summed E-state index contributed by atoms with van der Waals surface area (Å²) < 4.78 is 0.877. The standard InChI is InChI=1S/C15H14BrClN2O/c1-9-7-11(17)4-5-12(9)15(20)19(2)14-6-3-10(16)8-13(14)18/h3-8H,18H2,1-2H3. The predicted molar refractivity (Wildman–Crippen MR) is 87.5 cm³/mol. The van der Waals surface area contributed by atoms with Gasteiger partial charge in [-0.05, 0) is 48.9 Å². The molecule has 0 aliphatic rings. The van der Waals surface area contributed by atoms with Gasteiger partial charge in [0.25, 0.3) is 5.91 Å². The number of nitrogen functional groups attached to an aromatic ring is 1. The van der Waals surface area contributed by atoms with Crippen molar-refractivity contribution in [1.29, 1.82) is 0 Å². The van der Waals surface area contributed by atoms with Gasteiger partial charge >= 0.3 is 0 Å². The Balaban J connectivity index is 2.37. The van der Waals surface area contributed by atoms with Crippen LogP contribution >= 0.6 is 27.5 Å². The van der Waals surface area contributed by atoms with Crippen LogP contribution in [0, 0.1) is 6.92 Å². The lowest BCUT2D eigenvalue weighted by Gasteiger charge is -2.20. The van der Waals surface area contributed by atoms with E-state index in [4.69, 9.17) is 17.3 Å². The van der Waals surface area contributed by atoms with E-state index in [9.17, 15) is 4.79 Å². The molecule has 20 heavy (non-hydrogen) atoms. The summed E-state index contributed by atoms with van der Waals surface area (Å²) in [6.07, 6.45) is 0. The predicted octanol–water partition coefficient (Wildman–Crippen LogP) is 4.27. The molecule has 3 nitrogen and oxygen atoms in total. The Labute approximate surface area is 131 Å². The third-order valence-corrected chi connectivity index (χ3v) is 3.80. The summed E-state index contributed by atoms with van der Waals surface area (Å²) in [6.45, 7) is 1.86. The number of hydrogen-bond acceptors (Lipinski definition) is 2. The molecule has 0 aromatic heterocycles. The van der Waals surface area contributed by atoms with Gasteiger partial charge in [-0.1, -0.05) is 27.5 Å². The molecule has 0 saturated heterocycles. The second-order valence-corrected chi connectivity index (χ2v) is 5.88. The minimum atomic E-state index is -0.117. The van der Waals surface area contributed by atoms with Gasteiger partial charge in [0.05, 0.1) is 11.4 Å². The van der Waals surface area contributed by atoms with Crippen molar-refractivity contribution in [3.05, 3.63) is 57.0 Å². The van der Waals surface area contributed by atoms with Gasteiger partial charge in [-0.3, -0.25) is 4.79 Å². The second-order valence-electron chi connectivity index (χ2n) is 4.53. The maximum absolute atomic E-state index is 12.5. The highest BCUT2D eigenvalue weighted by atomic mass is 79.9. The van der Waals surface area contributed by atoms with E-state index in [-0.39, 0.29) is 5.91 Å². The summed E-state index contributed by atoms with van der Waals surface area (Å²) in [6, 6.07) is 10.6. The van der Waals surface area contributed by atoms with E-state index in [1.54, 1.807) is 31.3 Å². The third kappa shape index (κ3) is 2.97. The Morgan fingerprint density at radius 2 is 1.95 bits per heavy atom. The lowest BCUT2D eigenvalue weighted by molar-refractivity contribution is 0.0992. The quantitative estimate of drug-likeness (QED) is 0.820. The Kier molecular flexibility index (Phi) is 4.35. The fraction of sp³-hybridized carbons (Fsp3) is 0.133. The molecule has 0 fully saturated rings. The number of nitrogens with zero attached hydrogens (tertiary/aromatic N) is 1. The highest BCUT2D eigenvalue weighted by molar-refractivity contribution is 9.10. The highest BCUT2D eigenvalue weighted by Gasteiger charge is 2.17. The average molecular weight is 354 g/mol. The zero-order valence-corrected chi connectivity index (χ0v) is 13.5. The molecule has 2 aromatic carbocycles. The molecular weight excluding hydrogens is 340 g/mol. The summed E-state index contributed by atoms with van der Waals surface area (Å²) in [7, 11) is 1.70. The summed E-state index contributed by atoms with van der Waals surface area (Å²) in [5, 5.41) is 0.616. The first-order valence-corrected chi connectivity index (χ1v) is 7.16. The number of benzene rings is 2. The average Bonchev–Trinajstić information content (AvgIpc) is 2.37. The molecule has 0 saturated carbocycles. The molecule has 5 heteroatoms. The van der Waals surface area contributed by atoms with Crippen LogP contribution in [0.25, 0.3) is 0 Å². The van der Waals surface area contributed by atoms with Gasteiger partial charge in [0.2, 0.25) is 0 Å². The van der Waals surface area contributed by atoms with Gasteiger partial charge in [0, 0.05) is 22.1 Å². The van der Waals surface area contributed by atoms with Crippen molar-refractivity contribution >= 4 is 44.8 Å². The Hall–Kier alpha value is -1.52. The molecule has 0 radical (unpaired) electrons. The highest BCUT2D eigenvalue weighted by Crippen LogP contribution is 2.27. The number of carbonyl (C=O) groups excluding carboxylic acids is 1. The van der Waals surface area contributed by atoms with E-state index in [1.807, 2.05) is 19.1 Å². The summed E-state index contributed by atoms with van der Waals surface area (Å²) >= 11 is 9.26. The minimum absolute atomic E-state index is 0.117. The largest absolute Gasteiger partial charge is 0.397 e. The molecule has 1 amide bonds. The van der Waals surface area contributed by atoms with E-state index in [0.717, 1.165) is 10.0 Å². The number of rotatable bonds is 2. The van der Waals surface area contributed by atoms with Crippen molar-refractivity contribution < 1.29 is 4.79 Å². The molecule has 0 bridgehead atoms. The van der Waals surface area contributed by atoms with Crippen molar-refractivity contribution in [2.75, 3.05) is 17.7 Å². The van der Waals surface area contributed by atoms with Crippen LogP contribution in [-0.4, -0.2) is 13.0 Å². The SMILES string of the molecule is Cc1cc(Cl)ccc1C(=O)N(C)c1ccc(Br)cc1N. The number of halogens is 2. The van der Waals surface area contributed by atoms with Crippen molar-refractivity contribution in [3.8, 4) is 0 Å². The first kappa shape index (κ1) is 14.9. The van der Waals surface area contributed by atoms with Gasteiger partial charge in [-0.15, -0.1) is 0 Å². The van der Waals surface area contributed by atoms with Crippen LogP contribution in [0.1, 0.15) is 15.9 Å². The Bertz CT molecular complexity index is 673. The number of aryl methyl sites for hydroxylation is 1. The first-order valence-electron chi connectivity index (χ1n) is 5.99. The van der Waals surface area contributed by atoms with Crippen LogP contribution < -0.4 is 10.6 Å². The van der Waals surface area contributed by atoms with Crippen LogP contribution in [0.15, 0.2) is 40.9 Å². The van der Waals surface area contributed by atoms with E-state index in [0.29, 0.717) is 22.0 Å². The molecule has 104 valence electrons. The van der Waals surface area contributed by atoms with Crippen molar-refractivity contribution in [2.24, 2.45) is 0 Å². The molecule has 2 aromatic rings. The summed E-state index contributed by atoms with van der Waals surface area (Å²) in [5.41, 5.74) is 8.62. The number of anilines is 2. The molecular formula is C15H14BrClN2O. The van der Waals surface area contributed by atoms with Crippen molar-refractivity contribution in [3.63, 3.8) is 0 Å². The zero-order chi connectivity index (χ0) is 14.9. The van der Waals surface area contributed by atoms with E-state index < -0.39 is 0 Å². The minimum Gasteiger partial charge on any atom is -0.397 e. The van der Waals surface area contributed by atoms with Gasteiger partial charge in [-0.2, -0.15) is 0 Å². The van der Waals surface area contributed by atoms with Crippen molar-refractivity contribution in [1.82, 2.24) is 0 Å². The fourth-order valence-corrected chi connectivity index (χ4v) is 2.59. The molecule has 0 unspecified atom stereocenters. The van der Waals surface area contributed by atoms with Gasteiger partial charge < -0.3 is 10.6 Å². The monoisotopic (exact) mass is 352 g/mol. The van der Waals surface area contributed by atoms with Crippen LogP contribution in [0.4, 0.5) is 11.4 Å². The molecule has 0 atom stereocenters. The first-order chi connectivity index (χ1) is 9.40. The summed E-state index contributed by atoms with van der Waals surface area (Å²) in [5.74, 6) is -0.117. The Morgan fingerprint density at radius 3 is 2.55 bits per heavy atom. The van der Waals surface area contributed by atoms with Crippen LogP contribution in [0.5, 0.6) is 0 Å².